The summed E-state index contributed by atoms with van der Waals surface area (Å²) < 4.78 is 5.44. The average Bonchev–Trinajstić information content (AvgIpc) is 2.50. The molecule has 0 unspecified atom stereocenters. The molecule has 0 heterocycles. The molecule has 0 bridgehead atoms. The number of hydrogen-bond donors (Lipinski definition) is 2. The van der Waals surface area contributed by atoms with Crippen molar-refractivity contribution in [2.24, 2.45) is 0 Å². The molecule has 5 nitrogen and oxygen atoms in total. The third-order valence-corrected chi connectivity index (χ3v) is 2.80. The first-order valence-electron chi connectivity index (χ1n) is 6.46. The van der Waals surface area contributed by atoms with Gasteiger partial charge in [-0.25, -0.2) is 0 Å². The van der Waals surface area contributed by atoms with Crippen LogP contribution in [0.15, 0.2) is 48.5 Å². The first-order chi connectivity index (χ1) is 10.2. The lowest BCUT2D eigenvalue weighted by Gasteiger charge is -2.09. The molecule has 0 atom stereocenters. The van der Waals surface area contributed by atoms with Gasteiger partial charge in [0.25, 0.3) is 0 Å². The minimum atomic E-state index is -0.177. The second-order valence-corrected chi connectivity index (χ2v) is 4.37. The zero-order valence-corrected chi connectivity index (χ0v) is 11.4. The van der Waals surface area contributed by atoms with E-state index in [0.717, 1.165) is 0 Å². The van der Waals surface area contributed by atoms with Crippen molar-refractivity contribution in [1.82, 2.24) is 0 Å². The molecular weight excluding hydrogens is 266 g/mol. The van der Waals surface area contributed by atoms with Crippen LogP contribution in [0.5, 0.6) is 5.75 Å². The molecule has 1 amide bonds. The minimum Gasteiger partial charge on any atom is -0.493 e. The second kappa shape index (κ2) is 6.96. The van der Waals surface area contributed by atoms with Crippen molar-refractivity contribution in [2.45, 2.75) is 6.42 Å². The number of nitrogens with one attached hydrogen (secondary N) is 1. The highest BCUT2D eigenvalue weighted by Crippen LogP contribution is 2.17. The molecule has 0 aliphatic rings. The fourth-order valence-corrected chi connectivity index (χ4v) is 1.74. The van der Waals surface area contributed by atoms with Crippen LogP contribution in [-0.2, 0) is 4.79 Å². The monoisotopic (exact) mass is 281 g/mol. The Bertz CT molecular complexity index is 677. The Labute approximate surface area is 123 Å². The molecule has 0 radical (unpaired) electrons. The maximum atomic E-state index is 11.8. The molecule has 0 aliphatic carbocycles. The largest absolute Gasteiger partial charge is 0.493 e. The number of nitriles is 1. The summed E-state index contributed by atoms with van der Waals surface area (Å²) >= 11 is 0. The van der Waals surface area contributed by atoms with Crippen LogP contribution in [0.2, 0.25) is 0 Å². The van der Waals surface area contributed by atoms with Crippen LogP contribution in [0.3, 0.4) is 0 Å². The van der Waals surface area contributed by atoms with Gasteiger partial charge >= 0.3 is 0 Å². The number of carbonyl (C=O) groups is 1. The van der Waals surface area contributed by atoms with E-state index in [0.29, 0.717) is 22.7 Å². The van der Waals surface area contributed by atoms with E-state index in [1.807, 2.05) is 6.07 Å². The summed E-state index contributed by atoms with van der Waals surface area (Å²) in [5.74, 6) is 0.394. The maximum absolute atomic E-state index is 11.8. The number of hydrogen-bond acceptors (Lipinski definition) is 4. The standard InChI is InChI=1S/C16H15N3O2/c17-11-12-4-3-5-13(10-12)21-9-8-16(20)19-15-7-2-1-6-14(15)18/h1-7,10H,8-9,18H2,(H,19,20). The summed E-state index contributed by atoms with van der Waals surface area (Å²) in [7, 11) is 0. The molecule has 106 valence electrons. The first-order valence-corrected chi connectivity index (χ1v) is 6.46. The number of nitrogens with two attached hydrogens (primary N) is 1. The zero-order chi connectivity index (χ0) is 15.1. The van der Waals surface area contributed by atoms with Crippen molar-refractivity contribution < 1.29 is 9.53 Å². The van der Waals surface area contributed by atoms with E-state index in [4.69, 9.17) is 15.7 Å². The number of nitrogens with zero attached hydrogens (tertiary/aromatic N) is 1. The van der Waals surface area contributed by atoms with Crippen molar-refractivity contribution in [2.75, 3.05) is 17.7 Å². The molecule has 2 aromatic rings. The zero-order valence-electron chi connectivity index (χ0n) is 11.4. The van der Waals surface area contributed by atoms with Crippen molar-refractivity contribution >= 4 is 17.3 Å². The highest BCUT2D eigenvalue weighted by atomic mass is 16.5. The van der Waals surface area contributed by atoms with E-state index in [2.05, 4.69) is 5.32 Å². The molecule has 2 rings (SSSR count). The lowest BCUT2D eigenvalue weighted by Crippen LogP contribution is -2.16. The van der Waals surface area contributed by atoms with Gasteiger partial charge in [0.2, 0.25) is 5.91 Å². The predicted octanol–water partition coefficient (Wildman–Crippen LogP) is 2.55. The summed E-state index contributed by atoms with van der Waals surface area (Å²) in [6.45, 7) is 0.230. The van der Waals surface area contributed by atoms with Gasteiger partial charge in [0.1, 0.15) is 5.75 Å². The van der Waals surface area contributed by atoms with Crippen LogP contribution in [0.4, 0.5) is 11.4 Å². The molecule has 0 spiro atoms. The molecule has 21 heavy (non-hydrogen) atoms. The van der Waals surface area contributed by atoms with Gasteiger partial charge in [-0.15, -0.1) is 0 Å². The third-order valence-electron chi connectivity index (χ3n) is 2.80. The number of carbonyl (C=O) groups excluding carboxylic acids is 1. The number of rotatable bonds is 5. The molecule has 0 aliphatic heterocycles. The third kappa shape index (κ3) is 4.25. The number of para-hydroxylation sites is 2. The molecule has 5 heteroatoms. The number of nitrogen functional groups attached to an aromatic ring is 1. The number of amides is 1. The van der Waals surface area contributed by atoms with Crippen LogP contribution < -0.4 is 15.8 Å². The van der Waals surface area contributed by atoms with E-state index in [1.165, 1.54) is 0 Å². The van der Waals surface area contributed by atoms with Crippen LogP contribution >= 0.6 is 0 Å². The van der Waals surface area contributed by atoms with Gasteiger partial charge in [-0.1, -0.05) is 18.2 Å². The molecular formula is C16H15N3O2. The highest BCUT2D eigenvalue weighted by molar-refractivity contribution is 5.93. The second-order valence-electron chi connectivity index (χ2n) is 4.37. The van der Waals surface area contributed by atoms with E-state index >= 15 is 0 Å². The molecule has 0 aromatic heterocycles. The molecule has 0 saturated carbocycles. The Kier molecular flexibility index (Phi) is 4.78. The fourth-order valence-electron chi connectivity index (χ4n) is 1.74. The average molecular weight is 281 g/mol. The van der Waals surface area contributed by atoms with Gasteiger partial charge < -0.3 is 15.8 Å². The van der Waals surface area contributed by atoms with Crippen molar-refractivity contribution in [3.8, 4) is 11.8 Å². The summed E-state index contributed by atoms with van der Waals surface area (Å²) in [6.07, 6.45) is 0.200. The number of benzene rings is 2. The fraction of sp³-hybridized carbons (Fsp3) is 0.125. The highest BCUT2D eigenvalue weighted by Gasteiger charge is 2.05. The lowest BCUT2D eigenvalue weighted by molar-refractivity contribution is -0.116. The van der Waals surface area contributed by atoms with E-state index in [1.54, 1.807) is 48.5 Å². The van der Waals surface area contributed by atoms with Crippen molar-refractivity contribution in [3.05, 3.63) is 54.1 Å². The van der Waals surface area contributed by atoms with Crippen LogP contribution in [0.1, 0.15) is 12.0 Å². The molecule has 2 aromatic carbocycles. The minimum absolute atomic E-state index is 0.177. The van der Waals surface area contributed by atoms with Gasteiger partial charge in [0.15, 0.2) is 0 Å². The summed E-state index contributed by atoms with van der Waals surface area (Å²) in [5.41, 5.74) is 7.38. The van der Waals surface area contributed by atoms with E-state index in [-0.39, 0.29) is 18.9 Å². The topological polar surface area (TPSA) is 88.1 Å². The summed E-state index contributed by atoms with van der Waals surface area (Å²) in [4.78, 5) is 11.8. The smallest absolute Gasteiger partial charge is 0.227 e. The van der Waals surface area contributed by atoms with Crippen molar-refractivity contribution in [1.29, 1.82) is 5.26 Å². The Morgan fingerprint density at radius 2 is 2.05 bits per heavy atom. The first kappa shape index (κ1) is 14.4. The molecule has 0 saturated heterocycles. The SMILES string of the molecule is N#Cc1cccc(OCCC(=O)Nc2ccccc2N)c1. The lowest BCUT2D eigenvalue weighted by atomic mass is 10.2. The quantitative estimate of drug-likeness (QED) is 0.824. The summed E-state index contributed by atoms with van der Waals surface area (Å²) in [5, 5.41) is 11.5. The van der Waals surface area contributed by atoms with Gasteiger partial charge in [-0.05, 0) is 30.3 Å². The maximum Gasteiger partial charge on any atom is 0.227 e. The number of ether oxygens (including phenoxy) is 1. The van der Waals surface area contributed by atoms with Gasteiger partial charge in [-0.3, -0.25) is 4.79 Å². The molecule has 0 fully saturated rings. The Hall–Kier alpha value is -3.00. The van der Waals surface area contributed by atoms with Crippen molar-refractivity contribution in [3.63, 3.8) is 0 Å². The molecule has 3 N–H and O–H groups in total. The van der Waals surface area contributed by atoms with Gasteiger partial charge in [0.05, 0.1) is 36.0 Å². The van der Waals surface area contributed by atoms with Crippen LogP contribution in [-0.4, -0.2) is 12.5 Å². The number of anilines is 2. The Balaban J connectivity index is 1.82. The van der Waals surface area contributed by atoms with E-state index < -0.39 is 0 Å². The van der Waals surface area contributed by atoms with E-state index in [9.17, 15) is 4.79 Å². The predicted molar refractivity (Wildman–Crippen MR) is 80.8 cm³/mol. The Morgan fingerprint density at radius 1 is 1.24 bits per heavy atom. The Morgan fingerprint density at radius 3 is 2.81 bits per heavy atom. The van der Waals surface area contributed by atoms with Crippen LogP contribution in [0.25, 0.3) is 0 Å². The van der Waals surface area contributed by atoms with Crippen LogP contribution in [0, 0.1) is 11.3 Å². The van der Waals surface area contributed by atoms with Gasteiger partial charge in [-0.2, -0.15) is 5.26 Å². The summed E-state index contributed by atoms with van der Waals surface area (Å²) in [6, 6.07) is 15.9. The normalized spacial score (nSPS) is 9.67. The van der Waals surface area contributed by atoms with Gasteiger partial charge in [0, 0.05) is 0 Å².